The summed E-state index contributed by atoms with van der Waals surface area (Å²) in [6.07, 6.45) is -1.16. The van der Waals surface area contributed by atoms with E-state index in [1.165, 1.54) is 0 Å². The van der Waals surface area contributed by atoms with Crippen molar-refractivity contribution in [1.82, 2.24) is 4.98 Å². The lowest BCUT2D eigenvalue weighted by Crippen LogP contribution is -2.18. The zero-order valence-electron chi connectivity index (χ0n) is 8.58. The Bertz CT molecular complexity index is 472. The molecule has 1 aromatic carbocycles. The molecule has 0 bridgehead atoms. The van der Waals surface area contributed by atoms with Crippen molar-refractivity contribution in [3.63, 3.8) is 0 Å². The summed E-state index contributed by atoms with van der Waals surface area (Å²) in [4.78, 5) is 4.18. The van der Waals surface area contributed by atoms with E-state index in [1.807, 2.05) is 18.2 Å². The van der Waals surface area contributed by atoms with Gasteiger partial charge in [0.2, 0.25) is 0 Å². The van der Waals surface area contributed by atoms with E-state index < -0.39 is 12.2 Å². The predicted octanol–water partition coefficient (Wildman–Crippen LogP) is 2.01. The van der Waals surface area contributed by atoms with Gasteiger partial charge in [-0.2, -0.15) is 12.6 Å². The number of aromatic nitrogens is 1. The maximum absolute atomic E-state index is 9.91. The second kappa shape index (κ2) is 5.14. The third-order valence-electron chi connectivity index (χ3n) is 2.49. The van der Waals surface area contributed by atoms with Crippen molar-refractivity contribution >= 4 is 34.2 Å². The third-order valence-corrected chi connectivity index (χ3v) is 3.55. The zero-order chi connectivity index (χ0) is 11.5. The molecule has 3 nitrogen and oxygen atoms in total. The molecule has 2 unspecified atom stereocenters. The van der Waals surface area contributed by atoms with Gasteiger partial charge < -0.3 is 10.2 Å². The molecule has 2 rings (SSSR count). The third kappa shape index (κ3) is 2.38. The number of nitrogens with zero attached hydrogens (tertiary/aromatic N) is 1. The van der Waals surface area contributed by atoms with Gasteiger partial charge in [-0.1, -0.05) is 6.07 Å². The molecule has 1 heterocycles. The summed E-state index contributed by atoms with van der Waals surface area (Å²) in [7, 11) is 0. The number of hydrogen-bond acceptors (Lipinski definition) is 5. The SMILES string of the molecule is OC(CCS)C(O)c1ccc2scnc2c1. The fourth-order valence-corrected chi connectivity index (χ4v) is 2.49. The van der Waals surface area contributed by atoms with Crippen LogP contribution in [0.5, 0.6) is 0 Å². The minimum absolute atomic E-state index is 0.472. The summed E-state index contributed by atoms with van der Waals surface area (Å²) in [5, 5.41) is 19.6. The van der Waals surface area contributed by atoms with Gasteiger partial charge in [-0.3, -0.25) is 0 Å². The second-order valence-corrected chi connectivity index (χ2v) is 4.94. The number of thiol groups is 1. The number of thiazole rings is 1. The summed E-state index contributed by atoms with van der Waals surface area (Å²) in [6.45, 7) is 0. The highest BCUT2D eigenvalue weighted by Crippen LogP contribution is 2.25. The van der Waals surface area contributed by atoms with E-state index in [1.54, 1.807) is 16.8 Å². The molecule has 86 valence electrons. The van der Waals surface area contributed by atoms with Crippen molar-refractivity contribution in [2.45, 2.75) is 18.6 Å². The van der Waals surface area contributed by atoms with Crippen LogP contribution in [0, 0.1) is 0 Å². The van der Waals surface area contributed by atoms with Gasteiger partial charge in [0.05, 0.1) is 21.8 Å². The van der Waals surface area contributed by atoms with Gasteiger partial charge >= 0.3 is 0 Å². The minimum Gasteiger partial charge on any atom is -0.390 e. The van der Waals surface area contributed by atoms with Crippen molar-refractivity contribution in [3.8, 4) is 0 Å². The molecule has 0 saturated carbocycles. The first kappa shape index (κ1) is 11.9. The van der Waals surface area contributed by atoms with Crippen LogP contribution in [-0.4, -0.2) is 27.1 Å². The van der Waals surface area contributed by atoms with Crippen LogP contribution in [0.4, 0.5) is 0 Å². The average Bonchev–Trinajstić information content (AvgIpc) is 2.75. The van der Waals surface area contributed by atoms with Crippen LogP contribution < -0.4 is 0 Å². The molecule has 16 heavy (non-hydrogen) atoms. The van der Waals surface area contributed by atoms with Gasteiger partial charge in [0, 0.05) is 0 Å². The fourth-order valence-electron chi connectivity index (χ4n) is 1.57. The van der Waals surface area contributed by atoms with Gasteiger partial charge in [-0.15, -0.1) is 11.3 Å². The van der Waals surface area contributed by atoms with Crippen LogP contribution in [0.25, 0.3) is 10.2 Å². The summed E-state index contributed by atoms with van der Waals surface area (Å²) < 4.78 is 1.08. The van der Waals surface area contributed by atoms with Crippen molar-refractivity contribution in [3.05, 3.63) is 29.3 Å². The van der Waals surface area contributed by atoms with Crippen LogP contribution in [-0.2, 0) is 0 Å². The van der Waals surface area contributed by atoms with Gasteiger partial charge in [0.1, 0.15) is 6.10 Å². The van der Waals surface area contributed by atoms with Gasteiger partial charge in [-0.25, -0.2) is 4.98 Å². The van der Waals surface area contributed by atoms with Gasteiger partial charge in [-0.05, 0) is 29.9 Å². The van der Waals surface area contributed by atoms with E-state index in [4.69, 9.17) is 0 Å². The molecule has 5 heteroatoms. The molecule has 0 spiro atoms. The number of aliphatic hydroxyl groups is 2. The molecule has 0 fully saturated rings. The molecule has 2 atom stereocenters. The Morgan fingerprint density at radius 2 is 2.19 bits per heavy atom. The number of rotatable bonds is 4. The Morgan fingerprint density at radius 3 is 2.94 bits per heavy atom. The number of aliphatic hydroxyl groups excluding tert-OH is 2. The summed E-state index contributed by atoms with van der Waals surface area (Å²) in [5.74, 6) is 0.553. The first-order valence-electron chi connectivity index (χ1n) is 5.02. The number of benzene rings is 1. The molecule has 0 aliphatic rings. The average molecular weight is 255 g/mol. The lowest BCUT2D eigenvalue weighted by atomic mass is 10.0. The van der Waals surface area contributed by atoms with E-state index in [0.29, 0.717) is 17.7 Å². The van der Waals surface area contributed by atoms with Gasteiger partial charge in [0.15, 0.2) is 0 Å². The maximum atomic E-state index is 9.91. The molecular formula is C11H13NO2S2. The Labute approximate surface area is 103 Å². The molecule has 0 aliphatic carbocycles. The highest BCUT2D eigenvalue weighted by molar-refractivity contribution is 7.80. The molecule has 0 saturated heterocycles. The molecule has 0 radical (unpaired) electrons. The maximum Gasteiger partial charge on any atom is 0.105 e. The Balaban J connectivity index is 2.24. The van der Waals surface area contributed by atoms with Crippen molar-refractivity contribution in [1.29, 1.82) is 0 Å². The van der Waals surface area contributed by atoms with Crippen LogP contribution in [0.1, 0.15) is 18.1 Å². The number of fused-ring (bicyclic) bond motifs is 1. The minimum atomic E-state index is -0.863. The lowest BCUT2D eigenvalue weighted by Gasteiger charge is -2.17. The quantitative estimate of drug-likeness (QED) is 0.733. The van der Waals surface area contributed by atoms with E-state index in [0.717, 1.165) is 10.2 Å². The fraction of sp³-hybridized carbons (Fsp3) is 0.364. The smallest absolute Gasteiger partial charge is 0.105 e. The van der Waals surface area contributed by atoms with E-state index in [9.17, 15) is 10.2 Å². The predicted molar refractivity (Wildman–Crippen MR) is 69.1 cm³/mol. The Kier molecular flexibility index (Phi) is 3.81. The normalized spacial score (nSPS) is 15.2. The van der Waals surface area contributed by atoms with Crippen molar-refractivity contribution < 1.29 is 10.2 Å². The van der Waals surface area contributed by atoms with Crippen LogP contribution >= 0.6 is 24.0 Å². The van der Waals surface area contributed by atoms with Crippen LogP contribution in [0.15, 0.2) is 23.7 Å². The highest BCUT2D eigenvalue weighted by Gasteiger charge is 2.17. The highest BCUT2D eigenvalue weighted by atomic mass is 32.1. The first-order valence-corrected chi connectivity index (χ1v) is 6.53. The van der Waals surface area contributed by atoms with E-state index in [-0.39, 0.29) is 0 Å². The first-order chi connectivity index (χ1) is 7.72. The molecule has 0 amide bonds. The van der Waals surface area contributed by atoms with Gasteiger partial charge in [0.25, 0.3) is 0 Å². The summed E-state index contributed by atoms with van der Waals surface area (Å²) in [5.41, 5.74) is 3.33. The Morgan fingerprint density at radius 1 is 1.38 bits per heavy atom. The molecule has 2 aromatic rings. The van der Waals surface area contributed by atoms with Crippen molar-refractivity contribution in [2.24, 2.45) is 0 Å². The summed E-state index contributed by atoms with van der Waals surface area (Å²) >= 11 is 5.59. The molecule has 0 aliphatic heterocycles. The molecular weight excluding hydrogens is 242 g/mol. The Hall–Kier alpha value is -0.620. The lowest BCUT2D eigenvalue weighted by molar-refractivity contribution is 0.0173. The number of hydrogen-bond donors (Lipinski definition) is 3. The largest absolute Gasteiger partial charge is 0.390 e. The zero-order valence-corrected chi connectivity index (χ0v) is 10.3. The van der Waals surface area contributed by atoms with Crippen LogP contribution in [0.2, 0.25) is 0 Å². The molecule has 2 N–H and O–H groups in total. The van der Waals surface area contributed by atoms with Crippen LogP contribution in [0.3, 0.4) is 0 Å². The molecule has 1 aromatic heterocycles. The standard InChI is InChI=1S/C11H13NO2S2/c13-9(3-4-15)11(14)7-1-2-10-8(5-7)12-6-16-10/h1-2,5-6,9,11,13-15H,3-4H2. The van der Waals surface area contributed by atoms with Crippen molar-refractivity contribution in [2.75, 3.05) is 5.75 Å². The topological polar surface area (TPSA) is 53.4 Å². The second-order valence-electron chi connectivity index (χ2n) is 3.60. The summed E-state index contributed by atoms with van der Waals surface area (Å²) in [6, 6.07) is 5.56. The monoisotopic (exact) mass is 255 g/mol. The van der Waals surface area contributed by atoms with E-state index in [2.05, 4.69) is 17.6 Å². The van der Waals surface area contributed by atoms with E-state index >= 15 is 0 Å².